The van der Waals surface area contributed by atoms with Crippen LogP contribution in [0.1, 0.15) is 55.6 Å². The van der Waals surface area contributed by atoms with Crippen LogP contribution in [0.4, 0.5) is 5.69 Å². The van der Waals surface area contributed by atoms with E-state index < -0.39 is 17.8 Å². The van der Waals surface area contributed by atoms with Crippen molar-refractivity contribution in [2.75, 3.05) is 4.90 Å². The summed E-state index contributed by atoms with van der Waals surface area (Å²) in [5.41, 5.74) is 7.71. The van der Waals surface area contributed by atoms with Crippen molar-refractivity contribution in [2.45, 2.75) is 18.3 Å². The maximum absolute atomic E-state index is 14.0. The number of rotatable bonds is 5. The normalized spacial score (nSPS) is 21.3. The van der Waals surface area contributed by atoms with Crippen LogP contribution in [-0.4, -0.2) is 17.8 Å². The zero-order valence-corrected chi connectivity index (χ0v) is 23.2. The molecule has 0 radical (unpaired) electrons. The second-order valence-corrected chi connectivity index (χ2v) is 11.5. The first-order valence-electron chi connectivity index (χ1n) is 14.6. The van der Waals surface area contributed by atoms with Crippen molar-refractivity contribution in [1.82, 2.24) is 0 Å². The number of nitrogens with zero attached hydrogens (tertiary/aromatic N) is 1. The summed E-state index contributed by atoms with van der Waals surface area (Å²) in [5, 5.41) is 0. The number of esters is 1. The number of hydrogen-bond acceptors (Lipinski definition) is 4. The van der Waals surface area contributed by atoms with E-state index in [1.54, 1.807) is 36.4 Å². The number of amides is 2. The van der Waals surface area contributed by atoms with Gasteiger partial charge in [0.1, 0.15) is 5.75 Å². The van der Waals surface area contributed by atoms with Gasteiger partial charge in [-0.15, -0.1) is 0 Å². The molecule has 2 unspecified atom stereocenters. The molecule has 5 heteroatoms. The molecule has 1 saturated heterocycles. The summed E-state index contributed by atoms with van der Waals surface area (Å²) < 4.78 is 5.61. The lowest BCUT2D eigenvalue weighted by molar-refractivity contribution is -0.122. The Morgan fingerprint density at radius 2 is 1.02 bits per heavy atom. The first-order chi connectivity index (χ1) is 21.1. The molecular formula is C38H27NO4. The second kappa shape index (κ2) is 9.92. The summed E-state index contributed by atoms with van der Waals surface area (Å²) in [4.78, 5) is 42.2. The molecule has 2 bridgehead atoms. The zero-order valence-electron chi connectivity index (χ0n) is 23.2. The fourth-order valence-electron chi connectivity index (χ4n) is 7.35. The van der Waals surface area contributed by atoms with E-state index in [9.17, 15) is 14.4 Å². The van der Waals surface area contributed by atoms with Crippen LogP contribution in [0.15, 0.2) is 127 Å². The molecule has 0 saturated carbocycles. The molecule has 2 amide bonds. The van der Waals surface area contributed by atoms with E-state index >= 15 is 0 Å². The maximum atomic E-state index is 14.0. The highest BCUT2D eigenvalue weighted by Crippen LogP contribution is 2.61. The van der Waals surface area contributed by atoms with Crippen molar-refractivity contribution in [3.63, 3.8) is 0 Å². The first kappa shape index (κ1) is 25.4. The highest BCUT2D eigenvalue weighted by molar-refractivity contribution is 6.23. The molecule has 4 aliphatic rings. The van der Waals surface area contributed by atoms with Crippen LogP contribution >= 0.6 is 0 Å². The van der Waals surface area contributed by atoms with Crippen LogP contribution in [0.3, 0.4) is 0 Å². The molecule has 208 valence electrons. The standard InChI is InChI=1S/C38H27NO4/c40-36-34-32-28-10-4-5-11-29(28)33(31-13-7-6-12-30(31)32)35(34)37(41)39(36)26-18-16-25(17-19-26)38(42)43-27-20-14-24(15-21-27)22-23-8-2-1-3-9-23/h1-21,32-35H,22H2. The second-order valence-electron chi connectivity index (χ2n) is 11.5. The quantitative estimate of drug-likeness (QED) is 0.133. The van der Waals surface area contributed by atoms with Crippen molar-refractivity contribution in [1.29, 1.82) is 0 Å². The third kappa shape index (κ3) is 4.03. The minimum atomic E-state index is -0.501. The number of benzene rings is 5. The van der Waals surface area contributed by atoms with Gasteiger partial charge in [-0.3, -0.25) is 9.59 Å². The molecule has 1 aliphatic heterocycles. The molecule has 3 aliphatic carbocycles. The van der Waals surface area contributed by atoms with Crippen molar-refractivity contribution < 1.29 is 19.1 Å². The number of ether oxygens (including phenoxy) is 1. The number of anilines is 1. The third-order valence-electron chi connectivity index (χ3n) is 9.19. The molecule has 2 atom stereocenters. The van der Waals surface area contributed by atoms with Gasteiger partial charge in [0.25, 0.3) is 0 Å². The average Bonchev–Trinajstić information content (AvgIpc) is 3.32. The summed E-state index contributed by atoms with van der Waals surface area (Å²) in [6.45, 7) is 0. The van der Waals surface area contributed by atoms with Crippen LogP contribution in [0.2, 0.25) is 0 Å². The molecule has 1 fully saturated rings. The monoisotopic (exact) mass is 561 g/mol. The minimum Gasteiger partial charge on any atom is -0.423 e. The molecule has 5 aromatic rings. The highest BCUT2D eigenvalue weighted by Gasteiger charge is 2.61. The van der Waals surface area contributed by atoms with Gasteiger partial charge in [-0.2, -0.15) is 0 Å². The van der Waals surface area contributed by atoms with E-state index in [0.717, 1.165) is 34.2 Å². The summed E-state index contributed by atoms with van der Waals surface area (Å²) in [7, 11) is 0. The summed E-state index contributed by atoms with van der Waals surface area (Å²) in [5.74, 6) is -1.61. The number of carbonyl (C=O) groups excluding carboxylic acids is 3. The molecule has 5 aromatic carbocycles. The Morgan fingerprint density at radius 3 is 1.53 bits per heavy atom. The Labute approximate surface area is 249 Å². The lowest BCUT2D eigenvalue weighted by Gasteiger charge is -2.45. The Hall–Kier alpha value is -5.29. The SMILES string of the molecule is O=C(Oc1ccc(Cc2ccccc2)cc1)c1ccc(N2C(=O)C3C4c5ccccc5C(c5ccccc54)C3C2=O)cc1. The van der Waals surface area contributed by atoms with Gasteiger partial charge in [-0.05, 0) is 76.2 Å². The van der Waals surface area contributed by atoms with Gasteiger partial charge in [-0.1, -0.05) is 91.0 Å². The van der Waals surface area contributed by atoms with E-state index in [4.69, 9.17) is 4.74 Å². The van der Waals surface area contributed by atoms with Gasteiger partial charge in [0, 0.05) is 11.8 Å². The maximum Gasteiger partial charge on any atom is 0.343 e. The van der Waals surface area contributed by atoms with Crippen molar-refractivity contribution in [3.8, 4) is 5.75 Å². The Morgan fingerprint density at radius 1 is 0.558 bits per heavy atom. The predicted octanol–water partition coefficient (Wildman–Crippen LogP) is 6.89. The zero-order chi connectivity index (χ0) is 29.1. The van der Waals surface area contributed by atoms with Gasteiger partial charge in [0.2, 0.25) is 11.8 Å². The van der Waals surface area contributed by atoms with E-state index in [2.05, 4.69) is 36.4 Å². The molecule has 0 N–H and O–H groups in total. The highest BCUT2D eigenvalue weighted by atomic mass is 16.5. The summed E-state index contributed by atoms with van der Waals surface area (Å²) >= 11 is 0. The largest absolute Gasteiger partial charge is 0.423 e. The fraction of sp³-hybridized carbons (Fsp3) is 0.132. The smallest absolute Gasteiger partial charge is 0.343 e. The molecule has 5 nitrogen and oxygen atoms in total. The molecule has 0 spiro atoms. The lowest BCUT2D eigenvalue weighted by Crippen LogP contribution is -2.41. The Balaban J connectivity index is 1.02. The molecule has 9 rings (SSSR count). The van der Waals surface area contributed by atoms with E-state index in [1.165, 1.54) is 10.5 Å². The van der Waals surface area contributed by atoms with Gasteiger partial charge >= 0.3 is 5.97 Å². The van der Waals surface area contributed by atoms with Crippen LogP contribution in [-0.2, 0) is 16.0 Å². The minimum absolute atomic E-state index is 0.155. The topological polar surface area (TPSA) is 63.7 Å². The van der Waals surface area contributed by atoms with E-state index in [-0.39, 0.29) is 23.7 Å². The molecule has 0 aromatic heterocycles. The van der Waals surface area contributed by atoms with Crippen molar-refractivity contribution in [3.05, 3.63) is 166 Å². The molecular weight excluding hydrogens is 534 g/mol. The van der Waals surface area contributed by atoms with Gasteiger partial charge in [0.05, 0.1) is 23.1 Å². The molecule has 43 heavy (non-hydrogen) atoms. The van der Waals surface area contributed by atoms with Gasteiger partial charge in [-0.25, -0.2) is 9.69 Å². The van der Waals surface area contributed by atoms with Crippen LogP contribution in [0, 0.1) is 11.8 Å². The lowest BCUT2D eigenvalue weighted by atomic mass is 9.55. The van der Waals surface area contributed by atoms with E-state index in [0.29, 0.717) is 17.0 Å². The number of imide groups is 1. The number of carbonyl (C=O) groups is 3. The van der Waals surface area contributed by atoms with Crippen molar-refractivity contribution in [2.24, 2.45) is 11.8 Å². The van der Waals surface area contributed by atoms with E-state index in [1.807, 2.05) is 54.6 Å². The summed E-state index contributed by atoms with van der Waals surface area (Å²) in [6.07, 6.45) is 0.797. The molecule has 1 heterocycles. The third-order valence-corrected chi connectivity index (χ3v) is 9.19. The van der Waals surface area contributed by atoms with Crippen molar-refractivity contribution >= 4 is 23.5 Å². The van der Waals surface area contributed by atoms with Crippen LogP contribution in [0.25, 0.3) is 0 Å². The Kier molecular flexibility index (Phi) is 5.86. The average molecular weight is 562 g/mol. The number of hydrogen-bond donors (Lipinski definition) is 0. The van der Waals surface area contributed by atoms with Crippen LogP contribution in [0.5, 0.6) is 5.75 Å². The van der Waals surface area contributed by atoms with Gasteiger partial charge in [0.15, 0.2) is 0 Å². The summed E-state index contributed by atoms with van der Waals surface area (Å²) in [6, 6.07) is 40.6. The fourth-order valence-corrected chi connectivity index (χ4v) is 7.35. The first-order valence-corrected chi connectivity index (χ1v) is 14.6. The Bertz CT molecular complexity index is 1780. The van der Waals surface area contributed by atoms with Crippen LogP contribution < -0.4 is 9.64 Å². The predicted molar refractivity (Wildman–Crippen MR) is 163 cm³/mol. The van der Waals surface area contributed by atoms with Gasteiger partial charge < -0.3 is 4.74 Å².